The summed E-state index contributed by atoms with van der Waals surface area (Å²) in [5, 5.41) is 0. The van der Waals surface area contributed by atoms with Crippen molar-refractivity contribution in [3.8, 4) is 0 Å². The summed E-state index contributed by atoms with van der Waals surface area (Å²) in [6.07, 6.45) is 27.9. The molecule has 0 nitrogen and oxygen atoms in total. The lowest BCUT2D eigenvalue weighted by Crippen LogP contribution is -1.95. The smallest absolute Gasteiger partial charge is 0.000463 e. The van der Waals surface area contributed by atoms with Crippen LogP contribution in [0, 0.1) is 5.92 Å². The van der Waals surface area contributed by atoms with E-state index in [-0.39, 0.29) is 0 Å². The van der Waals surface area contributed by atoms with E-state index >= 15 is 0 Å². The molecule has 0 N–H and O–H groups in total. The maximum atomic E-state index is 2.50. The molecule has 0 saturated heterocycles. The van der Waals surface area contributed by atoms with Gasteiger partial charge in [-0.25, -0.2) is 0 Å². The molecule has 1 heteroatoms. The van der Waals surface area contributed by atoms with Crippen LogP contribution in [0.1, 0.15) is 136 Å². The average molecular weight is 451 g/mol. The molecule has 24 heavy (non-hydrogen) atoms. The number of halogens is 1. The van der Waals surface area contributed by atoms with Gasteiger partial charge in [-0.15, -0.1) is 0 Å². The predicted molar refractivity (Wildman–Crippen MR) is 121 cm³/mol. The van der Waals surface area contributed by atoms with Crippen LogP contribution in [0.3, 0.4) is 0 Å². The predicted octanol–water partition coefficient (Wildman–Crippen LogP) is 9.49. The van der Waals surface area contributed by atoms with Crippen molar-refractivity contribution >= 4 is 22.6 Å². The molecule has 0 aromatic heterocycles. The minimum absolute atomic E-state index is 0.964. The quantitative estimate of drug-likeness (QED) is 0.0984. The Hall–Kier alpha value is 0.730. The van der Waals surface area contributed by atoms with Crippen LogP contribution in [0.5, 0.6) is 0 Å². The normalized spacial score (nSPS) is 12.6. The third kappa shape index (κ3) is 20.8. The van der Waals surface area contributed by atoms with E-state index in [2.05, 4.69) is 36.4 Å². The molecule has 0 bridgehead atoms. The molecular weight excluding hydrogens is 403 g/mol. The zero-order valence-electron chi connectivity index (χ0n) is 17.1. The fourth-order valence-corrected chi connectivity index (χ4v) is 4.05. The maximum Gasteiger partial charge on any atom is -0.000463 e. The van der Waals surface area contributed by atoms with Crippen molar-refractivity contribution < 1.29 is 0 Å². The van der Waals surface area contributed by atoms with Gasteiger partial charge in [0.05, 0.1) is 0 Å². The van der Waals surface area contributed by atoms with Crippen LogP contribution in [0.25, 0.3) is 0 Å². The lowest BCUT2D eigenvalue weighted by Gasteiger charge is -2.09. The van der Waals surface area contributed by atoms with Gasteiger partial charge in [0, 0.05) is 0 Å². The highest BCUT2D eigenvalue weighted by Gasteiger charge is 2.01. The maximum absolute atomic E-state index is 2.50. The van der Waals surface area contributed by atoms with E-state index in [4.69, 9.17) is 0 Å². The SMILES string of the molecule is CCCCCCCCCCCCCCCCCC[C@H](C)CCCI. The molecule has 0 rings (SSSR count). The van der Waals surface area contributed by atoms with Crippen molar-refractivity contribution in [1.82, 2.24) is 0 Å². The fourth-order valence-electron chi connectivity index (χ4n) is 3.61. The van der Waals surface area contributed by atoms with Gasteiger partial charge in [-0.2, -0.15) is 0 Å². The molecule has 0 aromatic carbocycles. The van der Waals surface area contributed by atoms with Gasteiger partial charge in [0.25, 0.3) is 0 Å². The minimum Gasteiger partial charge on any atom is -0.0864 e. The molecule has 0 heterocycles. The topological polar surface area (TPSA) is 0 Å². The molecule has 0 aliphatic carbocycles. The highest BCUT2D eigenvalue weighted by atomic mass is 127. The first kappa shape index (κ1) is 24.7. The molecule has 0 spiro atoms. The molecule has 0 radical (unpaired) electrons. The third-order valence-corrected chi connectivity index (χ3v) is 6.14. The van der Waals surface area contributed by atoms with Crippen molar-refractivity contribution in [2.45, 2.75) is 136 Å². The molecule has 0 aliphatic rings. The van der Waals surface area contributed by atoms with E-state index in [0.717, 1.165) is 5.92 Å². The number of rotatable bonds is 20. The van der Waals surface area contributed by atoms with Crippen molar-refractivity contribution in [3.63, 3.8) is 0 Å². The summed E-state index contributed by atoms with van der Waals surface area (Å²) in [5.41, 5.74) is 0. The van der Waals surface area contributed by atoms with Crippen molar-refractivity contribution in [2.24, 2.45) is 5.92 Å². The van der Waals surface area contributed by atoms with Crippen molar-refractivity contribution in [2.75, 3.05) is 4.43 Å². The van der Waals surface area contributed by atoms with Gasteiger partial charge in [0.1, 0.15) is 0 Å². The number of alkyl halides is 1. The molecule has 0 fully saturated rings. The first-order valence-corrected chi connectivity index (χ1v) is 12.9. The van der Waals surface area contributed by atoms with Crippen LogP contribution in [-0.2, 0) is 0 Å². The third-order valence-electron chi connectivity index (χ3n) is 5.38. The van der Waals surface area contributed by atoms with Crippen molar-refractivity contribution in [1.29, 1.82) is 0 Å². The zero-order chi connectivity index (χ0) is 17.7. The van der Waals surface area contributed by atoms with E-state index < -0.39 is 0 Å². The Bertz CT molecular complexity index is 214. The van der Waals surface area contributed by atoms with E-state index in [9.17, 15) is 0 Å². The molecular formula is C23H47I. The van der Waals surface area contributed by atoms with E-state index in [1.807, 2.05) is 0 Å². The molecule has 0 unspecified atom stereocenters. The fraction of sp³-hybridized carbons (Fsp3) is 1.00. The highest BCUT2D eigenvalue weighted by Crippen LogP contribution is 2.17. The Morgan fingerprint density at radius 2 is 0.833 bits per heavy atom. The Morgan fingerprint density at radius 1 is 0.500 bits per heavy atom. The Morgan fingerprint density at radius 3 is 1.21 bits per heavy atom. The zero-order valence-corrected chi connectivity index (χ0v) is 19.3. The van der Waals surface area contributed by atoms with Crippen LogP contribution >= 0.6 is 22.6 Å². The van der Waals surface area contributed by atoms with E-state index in [1.54, 1.807) is 0 Å². The van der Waals surface area contributed by atoms with E-state index in [0.29, 0.717) is 0 Å². The van der Waals surface area contributed by atoms with Gasteiger partial charge in [0.2, 0.25) is 0 Å². The summed E-state index contributed by atoms with van der Waals surface area (Å²) in [7, 11) is 0. The summed E-state index contributed by atoms with van der Waals surface area (Å²) >= 11 is 2.50. The first-order valence-electron chi connectivity index (χ1n) is 11.4. The summed E-state index contributed by atoms with van der Waals surface area (Å²) in [5.74, 6) is 0.964. The summed E-state index contributed by atoms with van der Waals surface area (Å²) in [6.45, 7) is 4.74. The largest absolute Gasteiger partial charge is 0.0864 e. The molecule has 0 aromatic rings. The average Bonchev–Trinajstić information content (AvgIpc) is 2.59. The first-order chi connectivity index (χ1) is 11.8. The summed E-state index contributed by atoms with van der Waals surface area (Å²) in [6, 6.07) is 0. The number of hydrogen-bond acceptors (Lipinski definition) is 0. The Labute approximate surface area is 168 Å². The molecule has 0 aliphatic heterocycles. The van der Waals surface area contributed by atoms with Gasteiger partial charge in [-0.05, 0) is 23.2 Å². The van der Waals surface area contributed by atoms with Crippen LogP contribution in [-0.4, -0.2) is 4.43 Å². The standard InChI is InChI=1S/C23H47I/c1-3-4-5-6-7-8-9-10-11-12-13-14-15-16-17-18-20-23(2)21-19-22-24/h23H,3-22H2,1-2H3/t23-/m0/s1. The second-order valence-corrected chi connectivity index (χ2v) is 9.11. The second-order valence-electron chi connectivity index (χ2n) is 8.03. The second kappa shape index (κ2) is 21.8. The van der Waals surface area contributed by atoms with Gasteiger partial charge in [-0.3, -0.25) is 0 Å². The van der Waals surface area contributed by atoms with Gasteiger partial charge in [-0.1, -0.05) is 146 Å². The van der Waals surface area contributed by atoms with E-state index in [1.165, 1.54) is 126 Å². The lowest BCUT2D eigenvalue weighted by atomic mass is 9.98. The monoisotopic (exact) mass is 450 g/mol. The van der Waals surface area contributed by atoms with Crippen LogP contribution in [0.15, 0.2) is 0 Å². The van der Waals surface area contributed by atoms with Gasteiger partial charge in [0.15, 0.2) is 0 Å². The Balaban J connectivity index is 3.02. The van der Waals surface area contributed by atoms with Crippen LogP contribution in [0.2, 0.25) is 0 Å². The minimum atomic E-state index is 0.964. The number of hydrogen-bond donors (Lipinski definition) is 0. The lowest BCUT2D eigenvalue weighted by molar-refractivity contribution is 0.452. The Kier molecular flexibility index (Phi) is 22.4. The highest BCUT2D eigenvalue weighted by molar-refractivity contribution is 14.1. The van der Waals surface area contributed by atoms with Gasteiger partial charge < -0.3 is 0 Å². The van der Waals surface area contributed by atoms with Crippen LogP contribution in [0.4, 0.5) is 0 Å². The molecule has 146 valence electrons. The van der Waals surface area contributed by atoms with Crippen LogP contribution < -0.4 is 0 Å². The molecule has 0 saturated carbocycles. The summed E-state index contributed by atoms with van der Waals surface area (Å²) < 4.78 is 1.33. The molecule has 1 atom stereocenters. The number of unbranched alkanes of at least 4 members (excludes halogenated alkanes) is 15. The summed E-state index contributed by atoms with van der Waals surface area (Å²) in [4.78, 5) is 0. The van der Waals surface area contributed by atoms with Gasteiger partial charge >= 0.3 is 0 Å². The molecule has 0 amide bonds. The van der Waals surface area contributed by atoms with Crippen molar-refractivity contribution in [3.05, 3.63) is 0 Å².